The summed E-state index contributed by atoms with van der Waals surface area (Å²) in [5.74, 6) is -4.53. The first kappa shape index (κ1) is 63.7. The Kier molecular flexibility index (Phi) is 38.8. The van der Waals surface area contributed by atoms with E-state index in [1.807, 2.05) is 21.6 Å². The van der Waals surface area contributed by atoms with Gasteiger partial charge in [-0.05, 0) is 60.1 Å². The van der Waals surface area contributed by atoms with Crippen LogP contribution in [0.25, 0.3) is 0 Å². The van der Waals surface area contributed by atoms with Crippen LogP contribution in [0.5, 0.6) is 0 Å². The number of ether oxygens (including phenoxy) is 4. The summed E-state index contributed by atoms with van der Waals surface area (Å²) in [6.07, 6.45) is 21.5. The third kappa shape index (κ3) is 36.2. The van der Waals surface area contributed by atoms with Gasteiger partial charge in [-0.1, -0.05) is 139 Å². The number of ketones is 2. The highest BCUT2D eigenvalue weighted by Gasteiger charge is 2.53. The molecule has 0 aromatic heterocycles. The van der Waals surface area contributed by atoms with Gasteiger partial charge in [0.1, 0.15) is 19.0 Å². The van der Waals surface area contributed by atoms with E-state index in [0.717, 1.165) is 44.9 Å². The van der Waals surface area contributed by atoms with Crippen molar-refractivity contribution in [3.05, 3.63) is 0 Å². The van der Waals surface area contributed by atoms with Crippen molar-refractivity contribution in [3.63, 3.8) is 0 Å². The zero-order chi connectivity index (χ0) is 50.2. The van der Waals surface area contributed by atoms with Crippen molar-refractivity contribution in [2.45, 2.75) is 174 Å². The van der Waals surface area contributed by atoms with Gasteiger partial charge >= 0.3 is 17.9 Å². The molecular weight excluding hydrogens is 1010 g/mol. The first-order chi connectivity index (χ1) is 33.4. The molecular formula is C47H80N2O14S6. The molecule has 0 unspecified atom stereocenters. The second-order valence-electron chi connectivity index (χ2n) is 17.4. The lowest BCUT2D eigenvalue weighted by Gasteiger charge is -2.27. The molecule has 2 atom stereocenters. The van der Waals surface area contributed by atoms with Crippen molar-refractivity contribution in [2.24, 2.45) is 11.8 Å². The number of carbonyl (C=O) groups excluding carboxylic acids is 4. The monoisotopic (exact) mass is 1090 g/mol. The molecule has 2 amide bonds. The highest BCUT2D eigenvalue weighted by Crippen LogP contribution is 2.84. The normalized spacial score (nSPS) is 15.1. The molecule has 0 aromatic carbocycles. The summed E-state index contributed by atoms with van der Waals surface area (Å²) in [6.45, 7) is 2.12. The van der Waals surface area contributed by atoms with Crippen LogP contribution in [0.3, 0.4) is 0 Å². The minimum Gasteiger partial charge on any atom is -0.481 e. The largest absolute Gasteiger partial charge is 0.481 e. The summed E-state index contributed by atoms with van der Waals surface area (Å²) >= 11 is 0. The van der Waals surface area contributed by atoms with Gasteiger partial charge in [0.25, 0.3) is 0 Å². The number of carboxylic acids is 3. The van der Waals surface area contributed by atoms with E-state index in [0.29, 0.717) is 51.7 Å². The lowest BCUT2D eigenvalue weighted by Crippen LogP contribution is -2.29. The fraction of sp³-hybridized carbons (Fsp3) is 0.851. The number of hydrogen-bond donors (Lipinski definition) is 5. The minimum absolute atomic E-state index is 0.00388. The smallest absolute Gasteiger partial charge is 0.308 e. The standard InChI is InChI=1S/C47H80N2O14S6/c50-38(20-15-13-11-9-7-5-3-1-2-4-6-8-10-12-14-16-23-43(54)55)34-37(44(56)57)24-25-41(52)49-27-29-61-31-32-62-35-39(51)21-19-28-60-30-33-63-36-42(53)48-26-18-17-22-40(45(58)59)46-64-66-47(67-65-46)68-69-47/h37,40,46H,1-36H2,(H,48,53)(H,49,52)(H,54,55)(H,56,57)(H,58,59)/t37-,40+/m1/s1. The van der Waals surface area contributed by atoms with Crippen LogP contribution in [0.1, 0.15) is 167 Å². The molecule has 398 valence electrons. The average Bonchev–Trinajstić information content (AvgIpc) is 4.08. The van der Waals surface area contributed by atoms with Crippen molar-refractivity contribution < 1.29 is 67.8 Å². The van der Waals surface area contributed by atoms with Gasteiger partial charge in [0.2, 0.25) is 11.8 Å². The molecule has 0 bridgehead atoms. The van der Waals surface area contributed by atoms with Crippen LogP contribution in [0.2, 0.25) is 0 Å². The van der Waals surface area contributed by atoms with Gasteiger partial charge in [0.15, 0.2) is 8.53 Å². The van der Waals surface area contributed by atoms with Gasteiger partial charge in [-0.2, -0.15) is 0 Å². The summed E-state index contributed by atoms with van der Waals surface area (Å²) in [6, 6.07) is 0. The van der Waals surface area contributed by atoms with E-state index in [1.54, 1.807) is 43.2 Å². The third-order valence-electron chi connectivity index (χ3n) is 11.3. The molecule has 16 nitrogen and oxygen atoms in total. The number of amides is 2. The summed E-state index contributed by atoms with van der Waals surface area (Å²) in [5.41, 5.74) is 0. The Hall–Kier alpha value is -1.37. The first-order valence-electron chi connectivity index (χ1n) is 25.0. The van der Waals surface area contributed by atoms with E-state index >= 15 is 0 Å². The van der Waals surface area contributed by atoms with Crippen LogP contribution in [0.4, 0.5) is 0 Å². The lowest BCUT2D eigenvalue weighted by molar-refractivity contribution is -0.144. The molecule has 0 radical (unpaired) electrons. The van der Waals surface area contributed by atoms with Crippen LogP contribution in [-0.2, 0) is 52.5 Å². The van der Waals surface area contributed by atoms with Crippen LogP contribution in [0.15, 0.2) is 0 Å². The number of rotatable bonds is 49. The summed E-state index contributed by atoms with van der Waals surface area (Å²) in [4.78, 5) is 83.0. The second kappa shape index (κ2) is 42.0. The van der Waals surface area contributed by atoms with E-state index < -0.39 is 29.7 Å². The van der Waals surface area contributed by atoms with Crippen molar-refractivity contribution in [2.75, 3.05) is 65.9 Å². The van der Waals surface area contributed by atoms with Crippen LogP contribution in [-0.4, -0.2) is 130 Å². The van der Waals surface area contributed by atoms with Gasteiger partial charge < -0.3 is 44.9 Å². The number of carbonyl (C=O) groups is 7. The highest BCUT2D eigenvalue weighted by atomic mass is 33.2. The molecule has 2 rings (SSSR count). The predicted molar refractivity (Wildman–Crippen MR) is 281 cm³/mol. The molecule has 2 aliphatic heterocycles. The van der Waals surface area contributed by atoms with E-state index in [-0.39, 0.29) is 109 Å². The quantitative estimate of drug-likeness (QED) is 0.0216. The number of nitrogens with one attached hydrogen (secondary N) is 2. The maximum atomic E-state index is 12.5. The van der Waals surface area contributed by atoms with Gasteiger partial charge in [0, 0.05) is 51.8 Å². The Bertz CT molecular complexity index is 1460. The van der Waals surface area contributed by atoms with E-state index in [9.17, 15) is 43.8 Å². The zero-order valence-electron chi connectivity index (χ0n) is 40.5. The number of Topliss-reactive ketones (excluding diaryl/α,β-unsaturated/α-hetero) is 2. The molecule has 1 spiro atoms. The second-order valence-corrected chi connectivity index (χ2v) is 26.9. The van der Waals surface area contributed by atoms with Crippen LogP contribution >= 0.6 is 64.8 Å². The van der Waals surface area contributed by atoms with E-state index in [1.165, 1.54) is 57.8 Å². The fourth-order valence-corrected chi connectivity index (χ4v) is 21.1. The fourth-order valence-electron chi connectivity index (χ4n) is 7.26. The maximum Gasteiger partial charge on any atom is 0.308 e. The Morgan fingerprint density at radius 3 is 1.51 bits per heavy atom. The van der Waals surface area contributed by atoms with Crippen molar-refractivity contribution >= 4 is 106 Å². The Labute approximate surface area is 434 Å². The number of carboxylic acid groups (broad SMARTS) is 3. The summed E-state index contributed by atoms with van der Waals surface area (Å²) in [5, 5.41) is 33.5. The minimum atomic E-state index is -1.07. The van der Waals surface area contributed by atoms with Gasteiger partial charge in [-0.25, -0.2) is 0 Å². The molecule has 2 saturated heterocycles. The van der Waals surface area contributed by atoms with Crippen LogP contribution < -0.4 is 10.6 Å². The van der Waals surface area contributed by atoms with Gasteiger partial charge in [-0.3, -0.25) is 33.6 Å². The van der Waals surface area contributed by atoms with Gasteiger partial charge in [0.05, 0.1) is 49.5 Å². The molecule has 0 aromatic rings. The van der Waals surface area contributed by atoms with Crippen molar-refractivity contribution in [3.8, 4) is 0 Å². The average molecular weight is 1090 g/mol. The summed E-state index contributed by atoms with van der Waals surface area (Å²) in [7, 11) is 10.5. The topological polar surface area (TPSA) is 241 Å². The predicted octanol–water partition coefficient (Wildman–Crippen LogP) is 10.2. The number of unbranched alkanes of at least 4 members (excludes halogenated alkanes) is 16. The molecule has 5 N–H and O–H groups in total. The Morgan fingerprint density at radius 2 is 0.957 bits per heavy atom. The molecule has 69 heavy (non-hydrogen) atoms. The van der Waals surface area contributed by atoms with E-state index in [2.05, 4.69) is 10.6 Å². The van der Waals surface area contributed by atoms with E-state index in [4.69, 9.17) is 24.1 Å². The lowest BCUT2D eigenvalue weighted by atomic mass is 9.94. The SMILES string of the molecule is O=C(O)CCCCCCCCCCCCCCCCCCC(=O)C[C@@H](CCC(=O)NCCOCCOCC(=O)CCCOCCOCC(=O)NCCCC[C@@H](C(=O)O)C1SSC2(SS1)SS2)C(=O)O. The molecule has 2 aliphatic rings. The first-order valence-corrected chi connectivity index (χ1v) is 31.6. The molecule has 2 heterocycles. The van der Waals surface area contributed by atoms with Crippen molar-refractivity contribution in [1.29, 1.82) is 0 Å². The Morgan fingerprint density at radius 1 is 0.449 bits per heavy atom. The zero-order valence-corrected chi connectivity index (χ0v) is 45.4. The molecule has 0 aliphatic carbocycles. The molecule has 2 fully saturated rings. The van der Waals surface area contributed by atoms with Crippen molar-refractivity contribution in [1.82, 2.24) is 10.6 Å². The van der Waals surface area contributed by atoms with Gasteiger partial charge in [-0.15, -0.1) is 0 Å². The molecule has 0 saturated carbocycles. The highest BCUT2D eigenvalue weighted by molar-refractivity contribution is 9.14. The molecule has 22 heteroatoms. The number of hydrogen-bond acceptors (Lipinski definition) is 17. The Balaban J connectivity index is 1.30. The maximum absolute atomic E-state index is 12.5. The third-order valence-corrected chi connectivity index (χ3v) is 25.2. The summed E-state index contributed by atoms with van der Waals surface area (Å²) < 4.78 is 21.8. The van der Waals surface area contributed by atoms with Crippen LogP contribution in [0, 0.1) is 11.8 Å². The number of aliphatic carboxylic acids is 3.